The van der Waals surface area contributed by atoms with E-state index in [1.807, 2.05) is 0 Å². The van der Waals surface area contributed by atoms with Crippen LogP contribution in [-0.4, -0.2) is 19.4 Å². The maximum absolute atomic E-state index is 4.66. The van der Waals surface area contributed by atoms with Crippen molar-refractivity contribution < 1.29 is 17.2 Å². The van der Waals surface area contributed by atoms with Crippen molar-refractivity contribution in [1.29, 1.82) is 0 Å². The van der Waals surface area contributed by atoms with Gasteiger partial charge in [-0.25, -0.2) is 0 Å². The summed E-state index contributed by atoms with van der Waals surface area (Å²) in [6.07, 6.45) is 0.0367. The Hall–Kier alpha value is -1.58. The predicted molar refractivity (Wildman–Crippen MR) is 92.7 cm³/mol. The summed E-state index contributed by atoms with van der Waals surface area (Å²) in [4.78, 5) is 4.85. The fourth-order valence-corrected chi connectivity index (χ4v) is 4.10. The Labute approximate surface area is 148 Å². The zero-order valence-corrected chi connectivity index (χ0v) is 15.6. The van der Waals surface area contributed by atoms with Gasteiger partial charge < -0.3 is 0 Å². The van der Waals surface area contributed by atoms with E-state index in [9.17, 15) is 0 Å². The molecule has 0 amide bonds. The third kappa shape index (κ3) is 2.84. The molecule has 0 radical (unpaired) electrons. The molecule has 2 aromatic rings. The molecule has 0 unspecified atom stereocenters. The summed E-state index contributed by atoms with van der Waals surface area (Å²) in [5, 5.41) is 0. The quantitative estimate of drug-likeness (QED) is 0.828. The van der Waals surface area contributed by atoms with Crippen molar-refractivity contribution in [3.05, 3.63) is 58.7 Å². The van der Waals surface area contributed by atoms with Crippen molar-refractivity contribution >= 4 is 11.4 Å². The monoisotopic (exact) mass is 344 g/mol. The van der Waals surface area contributed by atoms with Crippen LogP contribution in [0.3, 0.4) is 0 Å². The van der Waals surface area contributed by atoms with Crippen LogP contribution >= 0.6 is 0 Å². The van der Waals surface area contributed by atoms with Gasteiger partial charge in [0.1, 0.15) is 0 Å². The molecule has 0 atom stereocenters. The second-order valence-electron chi connectivity index (χ2n) is 6.33. The van der Waals surface area contributed by atoms with Crippen LogP contribution in [-0.2, 0) is 17.2 Å². The van der Waals surface area contributed by atoms with Gasteiger partial charge in [0.2, 0.25) is 0 Å². The summed E-state index contributed by atoms with van der Waals surface area (Å²) >= 11 is 2.42. The number of hydrogen-bond acceptors (Lipinski definition) is 3. The molecule has 23 heavy (non-hydrogen) atoms. The van der Waals surface area contributed by atoms with E-state index in [1.165, 1.54) is 33.6 Å². The summed E-state index contributed by atoms with van der Waals surface area (Å²) in [7, 11) is 0. The van der Waals surface area contributed by atoms with Crippen LogP contribution in [0.4, 0.5) is 11.4 Å². The van der Waals surface area contributed by atoms with Crippen LogP contribution in [0.25, 0.3) is 0 Å². The first-order valence-electron chi connectivity index (χ1n) is 8.04. The van der Waals surface area contributed by atoms with Gasteiger partial charge >= 0.3 is 148 Å². The molecule has 1 aliphatic heterocycles. The zero-order chi connectivity index (χ0) is 16.6. The van der Waals surface area contributed by atoms with Crippen molar-refractivity contribution in [3.63, 3.8) is 0 Å². The average molecular weight is 344 g/mol. The Bertz CT molecular complexity index is 641. The Morgan fingerprint density at radius 3 is 1.43 bits per heavy atom. The molecule has 1 heterocycles. The first-order chi connectivity index (χ1) is 11.0. The molecule has 0 saturated carbocycles. The van der Waals surface area contributed by atoms with Gasteiger partial charge in [0, 0.05) is 0 Å². The normalized spacial score (nSPS) is 15.4. The number of benzene rings is 2. The van der Waals surface area contributed by atoms with Crippen molar-refractivity contribution in [1.82, 2.24) is 0 Å². The van der Waals surface area contributed by atoms with Crippen LogP contribution in [0.5, 0.6) is 0 Å². The van der Waals surface area contributed by atoms with Gasteiger partial charge in [-0.15, -0.1) is 0 Å². The summed E-state index contributed by atoms with van der Waals surface area (Å²) in [6, 6.07) is 13.0. The van der Waals surface area contributed by atoms with Gasteiger partial charge in [0.15, 0.2) is 0 Å². The fourth-order valence-electron chi connectivity index (χ4n) is 3.71. The maximum atomic E-state index is 4.66. The van der Waals surface area contributed by atoms with Crippen LogP contribution in [0.1, 0.15) is 22.3 Å². The Balaban J connectivity index is 2.04. The number of nitrogens with zero attached hydrogens (tertiary/aromatic N) is 3. The van der Waals surface area contributed by atoms with Crippen molar-refractivity contribution in [2.45, 2.75) is 34.0 Å². The van der Waals surface area contributed by atoms with Crippen molar-refractivity contribution in [2.24, 2.45) is 3.79 Å². The Morgan fingerprint density at radius 2 is 1.13 bits per heavy atom. The van der Waals surface area contributed by atoms with Gasteiger partial charge in [0.05, 0.1) is 0 Å². The minimum atomic E-state index is 0.0367. The summed E-state index contributed by atoms with van der Waals surface area (Å²) in [6.45, 7) is 10.7. The van der Waals surface area contributed by atoms with E-state index in [4.69, 9.17) is 0 Å². The molecule has 2 aromatic carbocycles. The van der Waals surface area contributed by atoms with E-state index in [-0.39, 0.29) is 6.29 Å². The molecule has 0 bridgehead atoms. The summed E-state index contributed by atoms with van der Waals surface area (Å²) in [5.41, 5.74) is 7.90. The second kappa shape index (κ2) is 6.50. The van der Waals surface area contributed by atoms with Gasteiger partial charge in [0.25, 0.3) is 0 Å². The second-order valence-corrected chi connectivity index (χ2v) is 6.69. The number of anilines is 2. The fraction of sp³-hybridized carbons (Fsp3) is 0.368. The van der Waals surface area contributed by atoms with Gasteiger partial charge in [-0.3, -0.25) is 0 Å². The first-order valence-corrected chi connectivity index (χ1v) is 8.67. The standard InChI is InChI=1S/C19H23N3.V/c1-13-7-5-8-14(2)17(13)21-11-12-22(19(21)20)18-15(3)9-6-10-16(18)4;/h5-10,19H,11-12H2,1-4H3;/q;+2. The third-order valence-electron chi connectivity index (χ3n) is 4.70. The number of aryl methyl sites for hydroxylation is 4. The van der Waals surface area contributed by atoms with Gasteiger partial charge in [-0.05, 0) is 0 Å². The molecule has 117 valence electrons. The third-order valence-corrected chi connectivity index (χ3v) is 5.02. The van der Waals surface area contributed by atoms with Gasteiger partial charge in [-0.2, -0.15) is 0 Å². The summed E-state index contributed by atoms with van der Waals surface area (Å²) in [5.74, 6) is 0. The topological polar surface area (TPSA) is 18.8 Å². The molecule has 1 aliphatic rings. The number of hydrogen-bond donors (Lipinski definition) is 0. The van der Waals surface area contributed by atoms with E-state index in [1.54, 1.807) is 0 Å². The van der Waals surface area contributed by atoms with Crippen molar-refractivity contribution in [2.75, 3.05) is 22.9 Å². The zero-order valence-electron chi connectivity index (χ0n) is 14.2. The minimum absolute atomic E-state index is 0.0367. The van der Waals surface area contributed by atoms with Gasteiger partial charge in [-0.1, -0.05) is 0 Å². The van der Waals surface area contributed by atoms with E-state index < -0.39 is 0 Å². The van der Waals surface area contributed by atoms with Crippen LogP contribution in [0, 0.1) is 27.7 Å². The van der Waals surface area contributed by atoms with E-state index >= 15 is 0 Å². The molecule has 0 N–H and O–H groups in total. The van der Waals surface area contributed by atoms with E-state index in [0.717, 1.165) is 13.1 Å². The Morgan fingerprint density at radius 1 is 0.783 bits per heavy atom. The van der Waals surface area contributed by atoms with Crippen LogP contribution in [0.2, 0.25) is 0 Å². The molecule has 1 saturated heterocycles. The molecule has 1 fully saturated rings. The molecule has 4 heteroatoms. The molecule has 3 nitrogen and oxygen atoms in total. The first kappa shape index (κ1) is 16.3. The van der Waals surface area contributed by atoms with Crippen molar-refractivity contribution in [3.8, 4) is 0 Å². The SMILES string of the molecule is Cc1cccc(C)c1N1CCN(c2c(C)cccc2C)C1[N]=[V+2]. The molecular weight excluding hydrogens is 321 g/mol. The summed E-state index contributed by atoms with van der Waals surface area (Å²) < 4.78 is 4.66. The number of rotatable bonds is 3. The molecule has 0 aliphatic carbocycles. The predicted octanol–water partition coefficient (Wildman–Crippen LogP) is 4.26. The Kier molecular flexibility index (Phi) is 4.61. The van der Waals surface area contributed by atoms with Crippen LogP contribution in [0.15, 0.2) is 40.2 Å². The average Bonchev–Trinajstić information content (AvgIpc) is 2.90. The molecule has 0 spiro atoms. The molecule has 3 rings (SSSR count). The van der Waals surface area contributed by atoms with E-state index in [2.05, 4.69) is 94.9 Å². The van der Waals surface area contributed by atoms with Crippen LogP contribution < -0.4 is 9.80 Å². The number of para-hydroxylation sites is 2. The molecule has 0 aromatic heterocycles. The molecular formula is C19H23N3V+2. The van der Waals surface area contributed by atoms with E-state index in [0.29, 0.717) is 0 Å².